The molecule has 1 saturated heterocycles. The highest BCUT2D eigenvalue weighted by Crippen LogP contribution is 2.35. The number of likely N-dealkylation sites (tertiary alicyclic amines) is 1. The van der Waals surface area contributed by atoms with E-state index in [9.17, 15) is 14.4 Å². The molecule has 0 bridgehead atoms. The second kappa shape index (κ2) is 9.81. The van der Waals surface area contributed by atoms with Gasteiger partial charge in [-0.25, -0.2) is 9.59 Å². The van der Waals surface area contributed by atoms with Crippen LogP contribution in [0.15, 0.2) is 60.7 Å². The van der Waals surface area contributed by atoms with E-state index in [-0.39, 0.29) is 5.78 Å². The topological polar surface area (TPSA) is 76.2 Å². The van der Waals surface area contributed by atoms with Gasteiger partial charge in [0.1, 0.15) is 0 Å². The lowest BCUT2D eigenvalue weighted by Crippen LogP contribution is -2.38. The van der Waals surface area contributed by atoms with E-state index in [4.69, 9.17) is 9.57 Å². The fourth-order valence-corrected chi connectivity index (χ4v) is 4.95. The molecule has 0 saturated carbocycles. The second-order valence-corrected chi connectivity index (χ2v) is 9.18. The number of fused-ring (bicyclic) bond motifs is 3. The van der Waals surface area contributed by atoms with Gasteiger partial charge < -0.3 is 9.57 Å². The molecule has 0 radical (unpaired) electrons. The van der Waals surface area contributed by atoms with Crippen LogP contribution in [-0.2, 0) is 32.1 Å². The third-order valence-corrected chi connectivity index (χ3v) is 6.83. The van der Waals surface area contributed by atoms with Crippen LogP contribution in [0.2, 0.25) is 0 Å². The van der Waals surface area contributed by atoms with Gasteiger partial charge in [-0.15, -0.1) is 0 Å². The van der Waals surface area contributed by atoms with Gasteiger partial charge in [0, 0.05) is 37.1 Å². The van der Waals surface area contributed by atoms with Crippen molar-refractivity contribution in [3.63, 3.8) is 0 Å². The second-order valence-electron chi connectivity index (χ2n) is 9.18. The molecule has 34 heavy (non-hydrogen) atoms. The zero-order chi connectivity index (χ0) is 23.5. The van der Waals surface area contributed by atoms with E-state index in [1.54, 1.807) is 12.1 Å². The number of anilines is 1. The molecular formula is C27H28N2O5. The number of benzene rings is 2. The summed E-state index contributed by atoms with van der Waals surface area (Å²) in [7, 11) is 0. The molecule has 0 N–H and O–H groups in total. The minimum atomic E-state index is -0.720. The van der Waals surface area contributed by atoms with Crippen LogP contribution in [0.1, 0.15) is 47.2 Å². The first-order chi connectivity index (χ1) is 16.5. The summed E-state index contributed by atoms with van der Waals surface area (Å²) in [6, 6.07) is 15.9. The molecule has 3 aliphatic rings. The Morgan fingerprint density at radius 1 is 0.971 bits per heavy atom. The van der Waals surface area contributed by atoms with Crippen LogP contribution in [0.3, 0.4) is 0 Å². The van der Waals surface area contributed by atoms with Gasteiger partial charge in [0.05, 0.1) is 5.69 Å². The average Bonchev–Trinajstić information content (AvgIpc) is 3.17. The predicted octanol–water partition coefficient (Wildman–Crippen LogP) is 3.82. The molecule has 1 unspecified atom stereocenters. The van der Waals surface area contributed by atoms with E-state index >= 15 is 0 Å². The van der Waals surface area contributed by atoms with E-state index in [0.717, 1.165) is 56.6 Å². The van der Waals surface area contributed by atoms with Gasteiger partial charge in [0.15, 0.2) is 5.78 Å². The molecule has 5 rings (SSSR count). The number of carbonyl (C=O) groups excluding carboxylic acids is 3. The number of rotatable bonds is 6. The average molecular weight is 461 g/mol. The molecule has 176 valence electrons. The van der Waals surface area contributed by atoms with Gasteiger partial charge in [0.25, 0.3) is 0 Å². The normalized spacial score (nSPS) is 21.6. The number of ether oxygens (including phenoxy) is 1. The number of ketones is 1. The zero-order valence-corrected chi connectivity index (χ0v) is 19.0. The van der Waals surface area contributed by atoms with E-state index in [1.807, 2.05) is 12.1 Å². The first-order valence-corrected chi connectivity index (χ1v) is 11.9. The maximum absolute atomic E-state index is 12.9. The fourth-order valence-electron chi connectivity index (χ4n) is 4.95. The number of hydrogen-bond donors (Lipinski definition) is 0. The van der Waals surface area contributed by atoms with Crippen molar-refractivity contribution in [2.45, 2.75) is 44.9 Å². The molecule has 0 aromatic heterocycles. The molecule has 1 fully saturated rings. The van der Waals surface area contributed by atoms with Crippen molar-refractivity contribution in [3.8, 4) is 0 Å². The highest BCUT2D eigenvalue weighted by Gasteiger charge is 2.36. The Balaban J connectivity index is 1.14. The number of piperidine rings is 1. The molecule has 0 spiro atoms. The first-order valence-electron chi connectivity index (χ1n) is 11.9. The monoisotopic (exact) mass is 460 g/mol. The van der Waals surface area contributed by atoms with Crippen molar-refractivity contribution in [1.29, 1.82) is 0 Å². The lowest BCUT2D eigenvalue weighted by molar-refractivity contribution is -0.156. The fraction of sp³-hybridized carbons (Fsp3) is 0.370. The van der Waals surface area contributed by atoms with Gasteiger partial charge in [0.2, 0.25) is 6.23 Å². The Kier molecular flexibility index (Phi) is 6.45. The number of nitrogens with zero attached hydrogens (tertiary/aromatic N) is 2. The SMILES string of the molecule is O=C1/C=C/C(=O)ON2c3ccc(C(=O)CCC4CCN(Cc5ccccc5)CC4)cc3CC2O1. The summed E-state index contributed by atoms with van der Waals surface area (Å²) in [5.41, 5.74) is 3.46. The smallest absolute Gasteiger partial charge is 0.356 e. The highest BCUT2D eigenvalue weighted by atomic mass is 16.7. The minimum Gasteiger partial charge on any atom is -0.435 e. The Morgan fingerprint density at radius 3 is 2.53 bits per heavy atom. The number of Topliss-reactive ketones (excluding diaryl/α,β-unsaturated/α-hetero) is 1. The Hall–Kier alpha value is -3.45. The molecule has 1 atom stereocenters. The molecule has 7 nitrogen and oxygen atoms in total. The predicted molar refractivity (Wildman–Crippen MR) is 126 cm³/mol. The van der Waals surface area contributed by atoms with Crippen LogP contribution in [0.5, 0.6) is 0 Å². The lowest BCUT2D eigenvalue weighted by atomic mass is 9.90. The third kappa shape index (κ3) is 5.04. The summed E-state index contributed by atoms with van der Waals surface area (Å²) in [6.07, 6.45) is 5.39. The van der Waals surface area contributed by atoms with Gasteiger partial charge in [-0.2, -0.15) is 5.06 Å². The van der Waals surface area contributed by atoms with E-state index in [2.05, 4.69) is 29.2 Å². The van der Waals surface area contributed by atoms with Crippen molar-refractivity contribution in [1.82, 2.24) is 4.90 Å². The molecule has 3 aliphatic heterocycles. The van der Waals surface area contributed by atoms with Crippen molar-refractivity contribution in [2.75, 3.05) is 18.2 Å². The largest absolute Gasteiger partial charge is 0.435 e. The van der Waals surface area contributed by atoms with Crippen LogP contribution in [-0.4, -0.2) is 41.9 Å². The molecule has 3 heterocycles. The quantitative estimate of drug-likeness (QED) is 0.479. The summed E-state index contributed by atoms with van der Waals surface area (Å²) in [6.45, 7) is 3.12. The van der Waals surface area contributed by atoms with Gasteiger partial charge in [-0.1, -0.05) is 30.3 Å². The summed E-state index contributed by atoms with van der Waals surface area (Å²) < 4.78 is 5.35. The number of hydrogen-bond acceptors (Lipinski definition) is 7. The number of esters is 1. The Morgan fingerprint density at radius 2 is 1.74 bits per heavy atom. The minimum absolute atomic E-state index is 0.115. The van der Waals surface area contributed by atoms with Crippen molar-refractivity contribution in [2.24, 2.45) is 5.92 Å². The summed E-state index contributed by atoms with van der Waals surface area (Å²) in [5, 5.41) is 1.32. The van der Waals surface area contributed by atoms with Crippen molar-refractivity contribution >= 4 is 23.4 Å². The molecule has 0 aliphatic carbocycles. The van der Waals surface area contributed by atoms with E-state index < -0.39 is 18.2 Å². The molecule has 0 amide bonds. The van der Waals surface area contributed by atoms with Crippen LogP contribution >= 0.6 is 0 Å². The molecular weight excluding hydrogens is 432 g/mol. The molecule has 7 heteroatoms. The number of carbonyl (C=O) groups is 3. The van der Waals surface area contributed by atoms with Crippen LogP contribution in [0.25, 0.3) is 0 Å². The number of hydroxylamine groups is 1. The summed E-state index contributed by atoms with van der Waals surface area (Å²) >= 11 is 0. The molecule has 2 aromatic carbocycles. The van der Waals surface area contributed by atoms with Gasteiger partial charge in [-0.05, 0) is 67.6 Å². The highest BCUT2D eigenvalue weighted by molar-refractivity contribution is 5.97. The van der Waals surface area contributed by atoms with E-state index in [1.165, 1.54) is 10.6 Å². The van der Waals surface area contributed by atoms with Gasteiger partial charge in [-0.3, -0.25) is 9.69 Å². The maximum atomic E-state index is 12.9. The van der Waals surface area contributed by atoms with Crippen molar-refractivity contribution < 1.29 is 24.0 Å². The summed E-state index contributed by atoms with van der Waals surface area (Å²) in [5.74, 6) is -0.544. The molecule has 2 aromatic rings. The lowest BCUT2D eigenvalue weighted by Gasteiger charge is -2.32. The van der Waals surface area contributed by atoms with Crippen LogP contribution in [0.4, 0.5) is 5.69 Å². The third-order valence-electron chi connectivity index (χ3n) is 6.83. The van der Waals surface area contributed by atoms with E-state index in [0.29, 0.717) is 30.0 Å². The summed E-state index contributed by atoms with van der Waals surface area (Å²) in [4.78, 5) is 44.3. The van der Waals surface area contributed by atoms with Crippen LogP contribution < -0.4 is 5.06 Å². The van der Waals surface area contributed by atoms with Crippen LogP contribution in [0, 0.1) is 5.92 Å². The van der Waals surface area contributed by atoms with Gasteiger partial charge >= 0.3 is 11.9 Å². The first kappa shape index (κ1) is 22.3. The standard InChI is InChI=1S/C27H28N2O5/c30-24(9-6-19-12-14-28(15-13-19)18-20-4-2-1-3-5-20)21-7-8-23-22(16-21)17-25-29(23)34-27(32)11-10-26(31)33-25/h1-5,7-8,10-11,16,19,25H,6,9,12-15,17-18H2/b11-10+. The Labute approximate surface area is 198 Å². The zero-order valence-electron chi connectivity index (χ0n) is 19.0. The van der Waals surface area contributed by atoms with Crippen molar-refractivity contribution in [3.05, 3.63) is 77.4 Å². The Bertz CT molecular complexity index is 1110. The maximum Gasteiger partial charge on any atom is 0.356 e.